The van der Waals surface area contributed by atoms with Gasteiger partial charge in [0.05, 0.1) is 4.47 Å². The van der Waals surface area contributed by atoms with Crippen molar-refractivity contribution in [2.75, 3.05) is 19.7 Å². The first-order valence-corrected chi connectivity index (χ1v) is 7.53. The van der Waals surface area contributed by atoms with Crippen LogP contribution in [-0.2, 0) is 6.54 Å². The second kappa shape index (κ2) is 6.70. The molecule has 2 nitrogen and oxygen atoms in total. The van der Waals surface area contributed by atoms with Gasteiger partial charge < -0.3 is 4.74 Å². The first kappa shape index (κ1) is 17.5. The predicted octanol–water partition coefficient (Wildman–Crippen LogP) is 4.62. The van der Waals surface area contributed by atoms with E-state index >= 15 is 0 Å². The molecule has 0 aliphatic carbocycles. The molecular weight excluding hydrogens is 373 g/mol. The Labute approximate surface area is 133 Å². The summed E-state index contributed by atoms with van der Waals surface area (Å²) in [5.74, 6) is -2.54. The van der Waals surface area contributed by atoms with E-state index in [1.54, 1.807) is 23.1 Å². The molecule has 1 aliphatic heterocycles. The molecule has 8 heteroatoms. The fourth-order valence-electron chi connectivity index (χ4n) is 2.27. The maximum absolute atomic E-state index is 13.1. The zero-order chi connectivity index (χ0) is 16.4. The average molecular weight is 388 g/mol. The summed E-state index contributed by atoms with van der Waals surface area (Å²) < 4.78 is 68.5. The number of benzene rings is 1. The second-order valence-corrected chi connectivity index (χ2v) is 6.12. The smallest absolute Gasteiger partial charge is 0.422 e. The van der Waals surface area contributed by atoms with Crippen molar-refractivity contribution in [1.82, 2.24) is 4.90 Å². The third-order valence-corrected chi connectivity index (χ3v) is 4.03. The van der Waals surface area contributed by atoms with Gasteiger partial charge in [-0.05, 0) is 22.0 Å². The molecule has 1 aromatic rings. The van der Waals surface area contributed by atoms with Gasteiger partial charge in [-0.25, -0.2) is 8.78 Å². The van der Waals surface area contributed by atoms with Gasteiger partial charge in [0, 0.05) is 38.0 Å². The standard InChI is InChI=1S/C14H15BrF5NO/c15-11-3-1-2-10(12(11)22-9-14(18,19)20)8-21-6-4-13(16,17)5-7-21/h1-3H,4-9H2. The van der Waals surface area contributed by atoms with Crippen LogP contribution in [0.3, 0.4) is 0 Å². The molecule has 0 saturated carbocycles. The summed E-state index contributed by atoms with van der Waals surface area (Å²) in [6.07, 6.45) is -4.90. The van der Waals surface area contributed by atoms with Gasteiger partial charge in [-0.1, -0.05) is 12.1 Å². The van der Waals surface area contributed by atoms with Crippen molar-refractivity contribution < 1.29 is 26.7 Å². The van der Waals surface area contributed by atoms with Gasteiger partial charge in [-0.15, -0.1) is 0 Å². The molecule has 22 heavy (non-hydrogen) atoms. The number of hydrogen-bond donors (Lipinski definition) is 0. The van der Waals surface area contributed by atoms with E-state index in [2.05, 4.69) is 15.9 Å². The molecule has 1 fully saturated rings. The molecular formula is C14H15BrF5NO. The number of para-hydroxylation sites is 1. The van der Waals surface area contributed by atoms with E-state index in [0.717, 1.165) is 0 Å². The van der Waals surface area contributed by atoms with Crippen LogP contribution in [0.5, 0.6) is 5.75 Å². The van der Waals surface area contributed by atoms with Gasteiger partial charge in [0.15, 0.2) is 6.61 Å². The Hall–Kier alpha value is -0.890. The minimum Gasteiger partial charge on any atom is -0.483 e. The molecule has 2 rings (SSSR count). The Morgan fingerprint density at radius 2 is 1.82 bits per heavy atom. The van der Waals surface area contributed by atoms with E-state index in [1.807, 2.05) is 0 Å². The van der Waals surface area contributed by atoms with Crippen LogP contribution in [0.1, 0.15) is 18.4 Å². The maximum Gasteiger partial charge on any atom is 0.422 e. The minimum absolute atomic E-state index is 0.108. The van der Waals surface area contributed by atoms with E-state index in [9.17, 15) is 22.0 Å². The summed E-state index contributed by atoms with van der Waals surface area (Å²) in [6.45, 7) is -0.695. The normalized spacial score (nSPS) is 19.2. The molecule has 0 radical (unpaired) electrons. The lowest BCUT2D eigenvalue weighted by Crippen LogP contribution is -2.38. The van der Waals surface area contributed by atoms with Crippen LogP contribution in [-0.4, -0.2) is 36.7 Å². The van der Waals surface area contributed by atoms with Crippen LogP contribution in [0, 0.1) is 0 Å². The van der Waals surface area contributed by atoms with Crippen LogP contribution >= 0.6 is 15.9 Å². The van der Waals surface area contributed by atoms with Crippen molar-refractivity contribution in [2.24, 2.45) is 0 Å². The zero-order valence-corrected chi connectivity index (χ0v) is 13.2. The highest BCUT2D eigenvalue weighted by molar-refractivity contribution is 9.10. The van der Waals surface area contributed by atoms with Gasteiger partial charge in [0.25, 0.3) is 5.92 Å². The Kier molecular flexibility index (Phi) is 5.32. The average Bonchev–Trinajstić information content (AvgIpc) is 2.39. The zero-order valence-electron chi connectivity index (χ0n) is 11.6. The molecule has 0 amide bonds. The van der Waals surface area contributed by atoms with Crippen molar-refractivity contribution in [3.63, 3.8) is 0 Å². The van der Waals surface area contributed by atoms with Gasteiger partial charge in [0.1, 0.15) is 5.75 Å². The van der Waals surface area contributed by atoms with Crippen molar-refractivity contribution in [2.45, 2.75) is 31.5 Å². The van der Waals surface area contributed by atoms with Crippen molar-refractivity contribution in [1.29, 1.82) is 0 Å². The van der Waals surface area contributed by atoms with Crippen LogP contribution in [0.2, 0.25) is 0 Å². The lowest BCUT2D eigenvalue weighted by molar-refractivity contribution is -0.153. The third kappa shape index (κ3) is 5.08. The first-order valence-electron chi connectivity index (χ1n) is 6.73. The number of halogens is 6. The lowest BCUT2D eigenvalue weighted by atomic mass is 10.1. The number of alkyl halides is 5. The number of piperidine rings is 1. The molecule has 124 valence electrons. The summed E-state index contributed by atoms with van der Waals surface area (Å²) in [5, 5.41) is 0. The number of rotatable bonds is 4. The van der Waals surface area contributed by atoms with E-state index in [0.29, 0.717) is 10.0 Å². The first-order chi connectivity index (χ1) is 10.2. The van der Waals surface area contributed by atoms with Crippen LogP contribution in [0.25, 0.3) is 0 Å². The molecule has 1 aromatic carbocycles. The van der Waals surface area contributed by atoms with Gasteiger partial charge in [-0.3, -0.25) is 4.90 Å². The molecule has 1 saturated heterocycles. The fourth-order valence-corrected chi connectivity index (χ4v) is 2.79. The lowest BCUT2D eigenvalue weighted by Gasteiger charge is -2.32. The molecule has 0 bridgehead atoms. The molecule has 0 N–H and O–H groups in total. The number of ether oxygens (including phenoxy) is 1. The SMILES string of the molecule is FC(F)(F)COc1c(Br)cccc1CN1CCC(F)(F)CC1. The highest BCUT2D eigenvalue weighted by Gasteiger charge is 2.34. The quantitative estimate of drug-likeness (QED) is 0.698. The van der Waals surface area contributed by atoms with Crippen LogP contribution in [0.15, 0.2) is 22.7 Å². The molecule has 0 aromatic heterocycles. The van der Waals surface area contributed by atoms with Gasteiger partial charge >= 0.3 is 6.18 Å². The number of nitrogens with zero attached hydrogens (tertiary/aromatic N) is 1. The third-order valence-electron chi connectivity index (χ3n) is 3.41. The molecule has 1 aliphatic rings. The highest BCUT2D eigenvalue weighted by Crippen LogP contribution is 2.33. The fraction of sp³-hybridized carbons (Fsp3) is 0.571. The van der Waals surface area contributed by atoms with Crippen molar-refractivity contribution in [3.8, 4) is 5.75 Å². The monoisotopic (exact) mass is 387 g/mol. The number of likely N-dealkylation sites (tertiary alicyclic amines) is 1. The van der Waals surface area contributed by atoms with E-state index in [4.69, 9.17) is 4.74 Å². The molecule has 0 unspecified atom stereocenters. The number of hydrogen-bond acceptors (Lipinski definition) is 2. The topological polar surface area (TPSA) is 12.5 Å². The van der Waals surface area contributed by atoms with Crippen LogP contribution < -0.4 is 4.74 Å². The molecule has 0 atom stereocenters. The Morgan fingerprint density at radius 3 is 2.41 bits per heavy atom. The summed E-state index contributed by atoms with van der Waals surface area (Å²) in [5.41, 5.74) is 0.545. The van der Waals surface area contributed by atoms with E-state index < -0.39 is 18.7 Å². The Morgan fingerprint density at radius 1 is 1.18 bits per heavy atom. The summed E-state index contributed by atoms with van der Waals surface area (Å²) in [4.78, 5) is 1.79. The Bertz CT molecular complexity index is 510. The van der Waals surface area contributed by atoms with Gasteiger partial charge in [-0.2, -0.15) is 13.2 Å². The summed E-state index contributed by atoms with van der Waals surface area (Å²) in [7, 11) is 0. The van der Waals surface area contributed by atoms with E-state index in [-0.39, 0.29) is 38.2 Å². The Balaban J connectivity index is 2.06. The highest BCUT2D eigenvalue weighted by atomic mass is 79.9. The minimum atomic E-state index is -4.43. The van der Waals surface area contributed by atoms with Gasteiger partial charge in [0.2, 0.25) is 0 Å². The van der Waals surface area contributed by atoms with Crippen molar-refractivity contribution in [3.05, 3.63) is 28.2 Å². The summed E-state index contributed by atoms with van der Waals surface area (Å²) >= 11 is 3.17. The predicted molar refractivity (Wildman–Crippen MR) is 75.2 cm³/mol. The second-order valence-electron chi connectivity index (χ2n) is 5.26. The van der Waals surface area contributed by atoms with E-state index in [1.165, 1.54) is 0 Å². The van der Waals surface area contributed by atoms with Crippen LogP contribution in [0.4, 0.5) is 22.0 Å². The largest absolute Gasteiger partial charge is 0.483 e. The molecule has 0 spiro atoms. The molecule has 1 heterocycles. The van der Waals surface area contributed by atoms with Crippen molar-refractivity contribution >= 4 is 15.9 Å². The maximum atomic E-state index is 13.1. The summed E-state index contributed by atoms with van der Waals surface area (Å²) in [6, 6.07) is 4.90.